The van der Waals surface area contributed by atoms with Gasteiger partial charge in [0.15, 0.2) is 0 Å². The van der Waals surface area contributed by atoms with E-state index in [9.17, 15) is 9.18 Å². The maximum atomic E-state index is 13.5. The molecule has 3 rings (SSSR count). The number of piperidine rings is 1. The summed E-state index contributed by atoms with van der Waals surface area (Å²) in [6.07, 6.45) is 9.21. The Kier molecular flexibility index (Phi) is 5.37. The molecule has 2 aliphatic rings. The molecule has 1 saturated carbocycles. The number of carbonyl (C=O) groups excluding carboxylic acids is 1. The van der Waals surface area contributed by atoms with Crippen LogP contribution >= 0.6 is 0 Å². The van der Waals surface area contributed by atoms with E-state index in [1.165, 1.54) is 12.1 Å². The van der Waals surface area contributed by atoms with Gasteiger partial charge in [0.25, 0.3) is 0 Å². The van der Waals surface area contributed by atoms with Gasteiger partial charge in [0.05, 0.1) is 18.8 Å². The average Bonchev–Trinajstić information content (AvgIpc) is 3.40. The summed E-state index contributed by atoms with van der Waals surface area (Å²) in [6.45, 7) is 2.87. The first kappa shape index (κ1) is 16.8. The lowest BCUT2D eigenvalue weighted by Crippen LogP contribution is -2.38. The smallest absolute Gasteiger partial charge is 0.227 e. The first-order valence-corrected chi connectivity index (χ1v) is 8.54. The molecular formula is C19H23FN2O2. The third-order valence-corrected chi connectivity index (χ3v) is 4.65. The molecule has 0 unspecified atom stereocenters. The molecule has 0 aromatic heterocycles. The fourth-order valence-corrected chi connectivity index (χ4v) is 2.93. The van der Waals surface area contributed by atoms with Crippen molar-refractivity contribution in [2.75, 3.05) is 31.6 Å². The van der Waals surface area contributed by atoms with Crippen molar-refractivity contribution in [3.05, 3.63) is 24.0 Å². The van der Waals surface area contributed by atoms with Gasteiger partial charge >= 0.3 is 0 Å². The predicted molar refractivity (Wildman–Crippen MR) is 91.2 cm³/mol. The largest absolute Gasteiger partial charge is 0.491 e. The summed E-state index contributed by atoms with van der Waals surface area (Å²) < 4.78 is 19.2. The van der Waals surface area contributed by atoms with Crippen molar-refractivity contribution >= 4 is 11.6 Å². The molecule has 0 radical (unpaired) electrons. The Hall–Kier alpha value is -2.06. The highest BCUT2D eigenvalue weighted by Crippen LogP contribution is 2.32. The van der Waals surface area contributed by atoms with Gasteiger partial charge in [0, 0.05) is 12.0 Å². The summed E-state index contributed by atoms with van der Waals surface area (Å²) in [5.74, 6) is 3.19. The van der Waals surface area contributed by atoms with Crippen molar-refractivity contribution in [1.82, 2.24) is 4.90 Å². The summed E-state index contributed by atoms with van der Waals surface area (Å²) in [7, 11) is 0. The number of anilines is 1. The van der Waals surface area contributed by atoms with Crippen molar-refractivity contribution in [3.63, 3.8) is 0 Å². The number of nitrogens with one attached hydrogen (secondary N) is 1. The number of hydrogen-bond acceptors (Lipinski definition) is 3. The predicted octanol–water partition coefficient (Wildman–Crippen LogP) is 2.90. The Labute approximate surface area is 142 Å². The number of terminal acetylenes is 1. The molecular weight excluding hydrogens is 307 g/mol. The Balaban J connectivity index is 1.58. The van der Waals surface area contributed by atoms with E-state index in [2.05, 4.69) is 16.1 Å². The van der Waals surface area contributed by atoms with Gasteiger partial charge in [-0.05, 0) is 56.8 Å². The highest BCUT2D eigenvalue weighted by Gasteiger charge is 2.26. The third-order valence-electron chi connectivity index (χ3n) is 4.65. The molecule has 2 fully saturated rings. The minimum atomic E-state index is -0.360. The molecule has 1 aliphatic heterocycles. The Morgan fingerprint density at radius 1 is 1.33 bits per heavy atom. The molecule has 5 heteroatoms. The molecule has 1 aromatic carbocycles. The van der Waals surface area contributed by atoms with E-state index in [1.54, 1.807) is 6.07 Å². The standard InChI is InChI=1S/C19H23FN2O2/c1-2-9-22-10-7-15(8-11-22)19(23)21-17-6-5-16(20)12-18(17)24-13-14-3-4-14/h1,5-6,12,14-15H,3-4,7-11,13H2,(H,21,23). The second-order valence-electron chi connectivity index (χ2n) is 6.64. The fourth-order valence-electron chi connectivity index (χ4n) is 2.93. The molecule has 4 nitrogen and oxygen atoms in total. The lowest BCUT2D eigenvalue weighted by Gasteiger charge is -2.29. The summed E-state index contributed by atoms with van der Waals surface area (Å²) in [5, 5.41) is 2.91. The molecule has 128 valence electrons. The summed E-state index contributed by atoms with van der Waals surface area (Å²) >= 11 is 0. The van der Waals surface area contributed by atoms with Gasteiger partial charge in [0.1, 0.15) is 11.6 Å². The Bertz CT molecular complexity index is 629. The third kappa shape index (κ3) is 4.48. The van der Waals surface area contributed by atoms with Crippen LogP contribution in [0.25, 0.3) is 0 Å². The van der Waals surface area contributed by atoms with Gasteiger partial charge in [-0.2, -0.15) is 0 Å². The number of rotatable bonds is 6. The van der Waals surface area contributed by atoms with Gasteiger partial charge < -0.3 is 10.1 Å². The minimum Gasteiger partial charge on any atom is -0.491 e. The maximum absolute atomic E-state index is 13.5. The van der Waals surface area contributed by atoms with Crippen LogP contribution < -0.4 is 10.1 Å². The van der Waals surface area contributed by atoms with Gasteiger partial charge in [-0.3, -0.25) is 9.69 Å². The SMILES string of the molecule is C#CCN1CCC(C(=O)Nc2ccc(F)cc2OCC2CC2)CC1. The van der Waals surface area contributed by atoms with Crippen LogP contribution in [-0.4, -0.2) is 37.0 Å². The normalized spacial score (nSPS) is 18.8. The van der Waals surface area contributed by atoms with Gasteiger partial charge in [-0.1, -0.05) is 5.92 Å². The van der Waals surface area contributed by atoms with E-state index in [0.29, 0.717) is 30.5 Å². The van der Waals surface area contributed by atoms with E-state index in [1.807, 2.05) is 0 Å². The Morgan fingerprint density at radius 2 is 2.08 bits per heavy atom. The van der Waals surface area contributed by atoms with Crippen LogP contribution in [0.4, 0.5) is 10.1 Å². The second kappa shape index (κ2) is 7.67. The first-order valence-electron chi connectivity index (χ1n) is 8.54. The van der Waals surface area contributed by atoms with E-state index in [-0.39, 0.29) is 17.6 Å². The lowest BCUT2D eigenvalue weighted by atomic mass is 9.96. The quantitative estimate of drug-likeness (QED) is 0.816. The maximum Gasteiger partial charge on any atom is 0.227 e. The van der Waals surface area contributed by atoms with Crippen LogP contribution in [0.15, 0.2) is 18.2 Å². The van der Waals surface area contributed by atoms with Crippen LogP contribution in [0, 0.1) is 30.0 Å². The van der Waals surface area contributed by atoms with Gasteiger partial charge in [0.2, 0.25) is 5.91 Å². The van der Waals surface area contributed by atoms with Crippen molar-refractivity contribution in [1.29, 1.82) is 0 Å². The van der Waals surface area contributed by atoms with Crippen LogP contribution in [0.1, 0.15) is 25.7 Å². The zero-order chi connectivity index (χ0) is 16.9. The van der Waals surface area contributed by atoms with Gasteiger partial charge in [-0.15, -0.1) is 6.42 Å². The summed E-state index contributed by atoms with van der Waals surface area (Å²) in [5.41, 5.74) is 0.549. The van der Waals surface area contributed by atoms with Crippen LogP contribution in [0.3, 0.4) is 0 Å². The first-order chi connectivity index (χ1) is 11.7. The molecule has 1 heterocycles. The highest BCUT2D eigenvalue weighted by molar-refractivity contribution is 5.94. The molecule has 1 aromatic rings. The Morgan fingerprint density at radius 3 is 2.75 bits per heavy atom. The van der Waals surface area contributed by atoms with Crippen LogP contribution in [-0.2, 0) is 4.79 Å². The number of hydrogen-bond donors (Lipinski definition) is 1. The van der Waals surface area contributed by atoms with Crippen molar-refractivity contribution in [3.8, 4) is 18.1 Å². The molecule has 1 N–H and O–H groups in total. The van der Waals surface area contributed by atoms with E-state index in [4.69, 9.17) is 11.2 Å². The topological polar surface area (TPSA) is 41.6 Å². The highest BCUT2D eigenvalue weighted by atomic mass is 19.1. The number of likely N-dealkylation sites (tertiary alicyclic amines) is 1. The summed E-state index contributed by atoms with van der Waals surface area (Å²) in [4.78, 5) is 14.7. The van der Waals surface area contributed by atoms with Crippen LogP contribution in [0.5, 0.6) is 5.75 Å². The average molecular weight is 330 g/mol. The lowest BCUT2D eigenvalue weighted by molar-refractivity contribution is -0.121. The van der Waals surface area contributed by atoms with Crippen molar-refractivity contribution in [2.45, 2.75) is 25.7 Å². The molecule has 1 aliphatic carbocycles. The van der Waals surface area contributed by atoms with Gasteiger partial charge in [-0.25, -0.2) is 4.39 Å². The molecule has 0 spiro atoms. The number of amides is 1. The van der Waals surface area contributed by atoms with E-state index >= 15 is 0 Å². The number of halogens is 1. The van der Waals surface area contributed by atoms with E-state index in [0.717, 1.165) is 38.8 Å². The number of nitrogens with zero attached hydrogens (tertiary/aromatic N) is 1. The van der Waals surface area contributed by atoms with Crippen molar-refractivity contribution in [2.24, 2.45) is 11.8 Å². The number of benzene rings is 1. The fraction of sp³-hybridized carbons (Fsp3) is 0.526. The van der Waals surface area contributed by atoms with Crippen molar-refractivity contribution < 1.29 is 13.9 Å². The van der Waals surface area contributed by atoms with E-state index < -0.39 is 0 Å². The molecule has 1 amide bonds. The zero-order valence-electron chi connectivity index (χ0n) is 13.8. The molecule has 0 bridgehead atoms. The zero-order valence-corrected chi connectivity index (χ0v) is 13.8. The van der Waals surface area contributed by atoms with Crippen LogP contribution in [0.2, 0.25) is 0 Å². The molecule has 0 atom stereocenters. The monoisotopic (exact) mass is 330 g/mol. The summed E-state index contributed by atoms with van der Waals surface area (Å²) in [6, 6.07) is 4.26. The molecule has 1 saturated heterocycles. The molecule has 24 heavy (non-hydrogen) atoms. The number of carbonyl (C=O) groups is 1. The second-order valence-corrected chi connectivity index (χ2v) is 6.64. The minimum absolute atomic E-state index is 0.0294. The number of ether oxygens (including phenoxy) is 1.